The van der Waals surface area contributed by atoms with Crippen LogP contribution in [0.15, 0.2) is 36.5 Å². The number of aromatic nitrogens is 1. The topological polar surface area (TPSA) is 91.9 Å². The maximum atomic E-state index is 14.9. The smallest absolute Gasteiger partial charge is 0.454 e. The maximum absolute atomic E-state index is 14.9. The minimum atomic E-state index is -5.57. The monoisotopic (exact) mass is 560 g/mol. The zero-order chi connectivity index (χ0) is 28.4. The highest BCUT2D eigenvalue weighted by Gasteiger charge is 2.58. The third kappa shape index (κ3) is 6.82. The van der Waals surface area contributed by atoms with Gasteiger partial charge in [0.1, 0.15) is 17.8 Å². The summed E-state index contributed by atoms with van der Waals surface area (Å²) in [6.45, 7) is -0.412. The van der Waals surface area contributed by atoms with Gasteiger partial charge in [0.25, 0.3) is 0 Å². The highest BCUT2D eigenvalue weighted by atomic mass is 19.4. The lowest BCUT2D eigenvalue weighted by atomic mass is 9.97. The van der Waals surface area contributed by atoms with Crippen molar-refractivity contribution in [3.63, 3.8) is 0 Å². The van der Waals surface area contributed by atoms with Crippen LogP contribution in [0.3, 0.4) is 0 Å². The molecule has 1 unspecified atom stereocenters. The van der Waals surface area contributed by atoms with Gasteiger partial charge in [0.15, 0.2) is 0 Å². The molecule has 2 aliphatic rings. The number of amides is 1. The summed E-state index contributed by atoms with van der Waals surface area (Å²) < 4.78 is 84.5. The summed E-state index contributed by atoms with van der Waals surface area (Å²) in [5.74, 6) is -5.49. The van der Waals surface area contributed by atoms with E-state index in [1.165, 1.54) is 18.3 Å². The fraction of sp³-hybridized carbons (Fsp3) is 0.538. The Morgan fingerprint density at radius 2 is 1.82 bits per heavy atom. The van der Waals surface area contributed by atoms with Crippen molar-refractivity contribution in [1.29, 1.82) is 0 Å². The van der Waals surface area contributed by atoms with E-state index in [0.29, 0.717) is 43.7 Å². The fourth-order valence-corrected chi connectivity index (χ4v) is 5.00. The van der Waals surface area contributed by atoms with E-state index in [1.54, 1.807) is 23.1 Å². The lowest BCUT2D eigenvalue weighted by Crippen LogP contribution is -2.49. The molecule has 0 aliphatic carbocycles. The van der Waals surface area contributed by atoms with Crippen molar-refractivity contribution in [2.75, 3.05) is 32.8 Å². The number of rotatable bonds is 9. The van der Waals surface area contributed by atoms with Crippen LogP contribution in [-0.4, -0.2) is 76.7 Å². The fourth-order valence-electron chi connectivity index (χ4n) is 5.00. The summed E-state index contributed by atoms with van der Waals surface area (Å²) in [6, 6.07) is 6.80. The largest absolute Gasteiger partial charge is 0.492 e. The number of hydrogen-bond acceptors (Lipinski definition) is 6. The molecule has 2 aliphatic heterocycles. The Kier molecular flexibility index (Phi) is 8.72. The van der Waals surface area contributed by atoms with E-state index in [9.17, 15) is 36.2 Å². The number of nitrogens with two attached hydrogens (primary N) is 1. The Labute approximate surface area is 221 Å². The third-order valence-electron chi connectivity index (χ3n) is 7.27. The van der Waals surface area contributed by atoms with Crippen molar-refractivity contribution < 1.29 is 41.0 Å². The van der Waals surface area contributed by atoms with Gasteiger partial charge in [0.2, 0.25) is 5.91 Å². The molecule has 7 nitrogen and oxygen atoms in total. The van der Waals surface area contributed by atoms with Crippen molar-refractivity contribution in [2.24, 2.45) is 11.7 Å². The predicted molar refractivity (Wildman–Crippen MR) is 129 cm³/mol. The number of nitrogens with zero attached hydrogens (tertiary/aromatic N) is 3. The molecule has 214 valence electrons. The van der Waals surface area contributed by atoms with Crippen LogP contribution in [0.1, 0.15) is 37.5 Å². The van der Waals surface area contributed by atoms with Gasteiger partial charge < -0.3 is 15.6 Å². The molecular weight excluding hydrogens is 530 g/mol. The van der Waals surface area contributed by atoms with Crippen molar-refractivity contribution in [1.82, 2.24) is 14.8 Å². The second kappa shape index (κ2) is 11.7. The van der Waals surface area contributed by atoms with E-state index in [-0.39, 0.29) is 36.7 Å². The van der Waals surface area contributed by atoms with Gasteiger partial charge in [-0.3, -0.25) is 19.6 Å². The summed E-state index contributed by atoms with van der Waals surface area (Å²) in [5.41, 5.74) is 6.22. The molecule has 2 atom stereocenters. The lowest BCUT2D eigenvalue weighted by molar-refractivity contribution is -0.287. The number of ether oxygens (including phenoxy) is 1. The minimum Gasteiger partial charge on any atom is -0.492 e. The Morgan fingerprint density at radius 3 is 2.41 bits per heavy atom. The number of halogens is 6. The van der Waals surface area contributed by atoms with E-state index in [1.807, 2.05) is 0 Å². The molecule has 13 heteroatoms. The molecule has 39 heavy (non-hydrogen) atoms. The number of carbonyl (C=O) groups excluding carboxylic acids is 1. The van der Waals surface area contributed by atoms with Gasteiger partial charge in [-0.15, -0.1) is 0 Å². The Bertz CT molecular complexity index is 1140. The third-order valence-corrected chi connectivity index (χ3v) is 7.27. The number of benzene rings is 1. The summed E-state index contributed by atoms with van der Waals surface area (Å²) >= 11 is 0. The van der Waals surface area contributed by atoms with Crippen molar-refractivity contribution in [3.05, 3.63) is 47.9 Å². The first-order valence-electron chi connectivity index (χ1n) is 12.6. The number of alkyl halides is 5. The number of aliphatic hydroxyl groups is 1. The lowest BCUT2D eigenvalue weighted by Gasteiger charge is -2.34. The molecule has 3 N–H and O–H groups in total. The molecule has 0 saturated carbocycles. The van der Waals surface area contributed by atoms with Gasteiger partial charge in [0, 0.05) is 12.1 Å². The molecule has 4 rings (SSSR count). The Morgan fingerprint density at radius 1 is 1.10 bits per heavy atom. The first-order chi connectivity index (χ1) is 18.4. The summed E-state index contributed by atoms with van der Waals surface area (Å²) in [6.07, 6.45) is -3.26. The number of hydrogen-bond donors (Lipinski definition) is 2. The highest BCUT2D eigenvalue weighted by Crippen LogP contribution is 2.37. The average molecular weight is 561 g/mol. The van der Waals surface area contributed by atoms with Crippen LogP contribution in [0, 0.1) is 11.7 Å². The van der Waals surface area contributed by atoms with E-state index in [0.717, 1.165) is 4.90 Å². The number of carbonyl (C=O) groups is 1. The van der Waals surface area contributed by atoms with Gasteiger partial charge in [-0.1, -0.05) is 6.07 Å². The quantitative estimate of drug-likeness (QED) is 0.449. The SMILES string of the molecule is NC(=O)[C@@H]1CCCN1C(O)c1ccc(-c2ccc(OCC3CCN(CC(F)(F)C(F)(F)F)CC3)cn2)c(F)c1. The second-order valence-electron chi connectivity index (χ2n) is 10.0. The van der Waals surface area contributed by atoms with Gasteiger partial charge in [-0.05, 0) is 74.5 Å². The van der Waals surface area contributed by atoms with Gasteiger partial charge >= 0.3 is 12.1 Å². The Hall–Kier alpha value is -2.90. The number of piperidine rings is 1. The zero-order valence-electron chi connectivity index (χ0n) is 21.0. The number of aliphatic hydroxyl groups excluding tert-OH is 1. The second-order valence-corrected chi connectivity index (χ2v) is 10.0. The summed E-state index contributed by atoms with van der Waals surface area (Å²) in [4.78, 5) is 18.5. The first-order valence-corrected chi connectivity index (χ1v) is 12.6. The van der Waals surface area contributed by atoms with Crippen LogP contribution in [0.2, 0.25) is 0 Å². The molecule has 1 aromatic heterocycles. The standard InChI is InChI=1S/C26H30F6N4O3/c27-20-12-17(24(38)36-9-1-2-22(36)23(33)37)3-5-19(20)21-6-4-18(13-34-21)39-14-16-7-10-35(11-8-16)15-25(28,29)26(30,31)32/h3-6,12-13,16,22,24,38H,1-2,7-11,14-15H2,(H2,33,37)/t22-,24?/m0/s1. The predicted octanol–water partition coefficient (Wildman–Crippen LogP) is 4.12. The van der Waals surface area contributed by atoms with Crippen LogP contribution in [0.5, 0.6) is 5.75 Å². The van der Waals surface area contributed by atoms with Gasteiger partial charge in [-0.25, -0.2) is 4.39 Å². The van der Waals surface area contributed by atoms with Crippen molar-refractivity contribution in [3.8, 4) is 17.0 Å². The van der Waals surface area contributed by atoms with Crippen LogP contribution in [0.4, 0.5) is 26.3 Å². The minimum absolute atomic E-state index is 0.0124. The Balaban J connectivity index is 1.29. The zero-order valence-corrected chi connectivity index (χ0v) is 21.0. The molecule has 2 saturated heterocycles. The van der Waals surface area contributed by atoms with Crippen LogP contribution in [-0.2, 0) is 4.79 Å². The van der Waals surface area contributed by atoms with E-state index >= 15 is 0 Å². The molecule has 0 radical (unpaired) electrons. The molecule has 0 spiro atoms. The van der Waals surface area contributed by atoms with E-state index in [2.05, 4.69) is 4.98 Å². The molecular formula is C26H30F6N4O3. The van der Waals surface area contributed by atoms with Gasteiger partial charge in [-0.2, -0.15) is 22.0 Å². The molecule has 3 heterocycles. The number of pyridine rings is 1. The molecule has 0 bridgehead atoms. The highest BCUT2D eigenvalue weighted by molar-refractivity contribution is 5.80. The molecule has 2 fully saturated rings. The number of primary amides is 1. The average Bonchev–Trinajstić information content (AvgIpc) is 3.38. The van der Waals surface area contributed by atoms with Crippen LogP contribution >= 0.6 is 0 Å². The first kappa shape index (κ1) is 29.1. The van der Waals surface area contributed by atoms with E-state index < -0.39 is 42.6 Å². The summed E-state index contributed by atoms with van der Waals surface area (Å²) in [5, 5.41) is 10.7. The molecule has 1 amide bonds. The van der Waals surface area contributed by atoms with Crippen molar-refractivity contribution >= 4 is 5.91 Å². The van der Waals surface area contributed by atoms with E-state index in [4.69, 9.17) is 10.5 Å². The normalized spacial score (nSPS) is 20.7. The molecule has 2 aromatic rings. The van der Waals surface area contributed by atoms with Gasteiger partial charge in [0.05, 0.1) is 31.1 Å². The maximum Gasteiger partial charge on any atom is 0.454 e. The summed E-state index contributed by atoms with van der Waals surface area (Å²) in [7, 11) is 0. The van der Waals surface area contributed by atoms with Crippen molar-refractivity contribution in [2.45, 2.75) is 50.1 Å². The number of likely N-dealkylation sites (tertiary alicyclic amines) is 2. The molecule has 1 aromatic carbocycles. The van der Waals surface area contributed by atoms with Crippen LogP contribution in [0.25, 0.3) is 11.3 Å². The van der Waals surface area contributed by atoms with Crippen LogP contribution < -0.4 is 10.5 Å².